The molecule has 0 aliphatic carbocycles. The van der Waals surface area contributed by atoms with Crippen LogP contribution in [0.1, 0.15) is 0 Å². The first-order valence-corrected chi connectivity index (χ1v) is 2.55. The van der Waals surface area contributed by atoms with Crippen LogP contribution in [0.25, 0.3) is 0 Å². The minimum Gasteiger partial charge on any atom is -0.383 e. The van der Waals surface area contributed by atoms with Crippen LogP contribution in [0.2, 0.25) is 0 Å². The Morgan fingerprint density at radius 1 is 1.86 bits per heavy atom. The van der Waals surface area contributed by atoms with Gasteiger partial charge in [-0.3, -0.25) is 5.11 Å². The lowest BCUT2D eigenvalue weighted by molar-refractivity contribution is 0.353. The Morgan fingerprint density at radius 2 is 2.57 bits per heavy atom. The average Bonchev–Trinajstić information content (AvgIpc) is 1.87. The van der Waals surface area contributed by atoms with Gasteiger partial charge in [-0.2, -0.15) is 4.98 Å². The topological polar surface area (TPSA) is 58.8 Å². The summed E-state index contributed by atoms with van der Waals surface area (Å²) in [6.45, 7) is 0. The molecule has 1 radical (unpaired) electrons. The number of nitrogen functional groups attached to an aromatic ring is 1. The van der Waals surface area contributed by atoms with Crippen LogP contribution >= 0.6 is 11.3 Å². The van der Waals surface area contributed by atoms with Crippen LogP contribution in [0.15, 0.2) is 5.38 Å². The number of aromatic nitrogens is 1. The maximum atomic E-state index is 10.1. The third kappa shape index (κ3) is 0.806. The second kappa shape index (κ2) is 1.38. The lowest BCUT2D eigenvalue weighted by Crippen LogP contribution is -1.79. The van der Waals surface area contributed by atoms with Crippen molar-refractivity contribution < 1.29 is 5.11 Å². The highest BCUT2D eigenvalue weighted by Crippen LogP contribution is 2.16. The molecule has 0 saturated heterocycles. The van der Waals surface area contributed by atoms with E-state index in [9.17, 15) is 5.11 Å². The Hall–Kier alpha value is -0.770. The maximum Gasteiger partial charge on any atom is 0.328 e. The van der Waals surface area contributed by atoms with E-state index in [2.05, 4.69) is 4.98 Å². The highest BCUT2D eigenvalue weighted by atomic mass is 32.1. The predicted octanol–water partition coefficient (Wildman–Crippen LogP) is 0.869. The van der Waals surface area contributed by atoms with Gasteiger partial charge in [0, 0.05) is 5.38 Å². The predicted molar refractivity (Wildman–Crippen MR) is 26.7 cm³/mol. The molecule has 0 bridgehead atoms. The van der Waals surface area contributed by atoms with E-state index >= 15 is 0 Å². The molecule has 4 heteroatoms. The zero-order chi connectivity index (χ0) is 5.28. The van der Waals surface area contributed by atoms with Crippen LogP contribution in [0.5, 0.6) is 5.19 Å². The first-order valence-electron chi connectivity index (χ1n) is 1.67. The summed E-state index contributed by atoms with van der Waals surface area (Å²) < 4.78 is 0. The van der Waals surface area contributed by atoms with Gasteiger partial charge in [0.15, 0.2) is 0 Å². The molecule has 2 N–H and O–H groups in total. The van der Waals surface area contributed by atoms with Gasteiger partial charge < -0.3 is 5.73 Å². The first-order chi connectivity index (χ1) is 3.29. The Balaban J connectivity index is 3.04. The van der Waals surface area contributed by atoms with E-state index in [-0.39, 0.29) is 5.19 Å². The molecule has 1 heterocycles. The van der Waals surface area contributed by atoms with Crippen molar-refractivity contribution in [3.63, 3.8) is 0 Å². The van der Waals surface area contributed by atoms with E-state index in [4.69, 9.17) is 5.73 Å². The fraction of sp³-hybridized carbons (Fsp3) is 0. The Morgan fingerprint density at radius 3 is 2.71 bits per heavy atom. The standard InChI is InChI=1S/C3H3N2OS/c4-2-1-7-3(6)5-2/h1H,4H2. The van der Waals surface area contributed by atoms with E-state index in [0.29, 0.717) is 5.82 Å². The summed E-state index contributed by atoms with van der Waals surface area (Å²) in [5.74, 6) is 0.315. The maximum absolute atomic E-state index is 10.1. The van der Waals surface area contributed by atoms with Gasteiger partial charge in [-0.05, 0) is 0 Å². The summed E-state index contributed by atoms with van der Waals surface area (Å²) >= 11 is 1.01. The van der Waals surface area contributed by atoms with Gasteiger partial charge in [-0.1, -0.05) is 11.3 Å². The van der Waals surface area contributed by atoms with Crippen molar-refractivity contribution in [3.05, 3.63) is 5.38 Å². The molecule has 0 aliphatic heterocycles. The van der Waals surface area contributed by atoms with Gasteiger partial charge >= 0.3 is 5.19 Å². The number of thiazole rings is 1. The van der Waals surface area contributed by atoms with Crippen LogP contribution in [-0.2, 0) is 5.11 Å². The highest BCUT2D eigenvalue weighted by molar-refractivity contribution is 7.11. The number of anilines is 1. The third-order valence-corrected chi connectivity index (χ3v) is 1.15. The van der Waals surface area contributed by atoms with Crippen LogP contribution in [0.4, 0.5) is 5.82 Å². The van der Waals surface area contributed by atoms with E-state index in [1.807, 2.05) is 0 Å². The molecule has 0 unspecified atom stereocenters. The summed E-state index contributed by atoms with van der Waals surface area (Å²) in [5.41, 5.74) is 5.08. The summed E-state index contributed by atoms with van der Waals surface area (Å²) in [6, 6.07) is 0. The quantitative estimate of drug-likeness (QED) is 0.545. The fourth-order valence-electron chi connectivity index (χ4n) is 0.269. The normalized spacial score (nSPS) is 9.14. The molecular weight excluding hydrogens is 112 g/mol. The molecular formula is C3H3N2OS. The van der Waals surface area contributed by atoms with Crippen molar-refractivity contribution >= 4 is 17.2 Å². The largest absolute Gasteiger partial charge is 0.383 e. The second-order valence-corrected chi connectivity index (χ2v) is 1.86. The van der Waals surface area contributed by atoms with Crippen molar-refractivity contribution in [2.45, 2.75) is 0 Å². The molecule has 0 saturated carbocycles. The summed E-state index contributed by atoms with van der Waals surface area (Å²) in [6.07, 6.45) is 0. The zero-order valence-corrected chi connectivity index (χ0v) is 4.23. The van der Waals surface area contributed by atoms with Gasteiger partial charge in [-0.15, -0.1) is 0 Å². The molecule has 1 aromatic heterocycles. The van der Waals surface area contributed by atoms with Crippen molar-refractivity contribution in [2.24, 2.45) is 0 Å². The molecule has 3 nitrogen and oxygen atoms in total. The van der Waals surface area contributed by atoms with Crippen molar-refractivity contribution in [3.8, 4) is 5.19 Å². The van der Waals surface area contributed by atoms with Crippen LogP contribution in [0, 0.1) is 0 Å². The van der Waals surface area contributed by atoms with Crippen LogP contribution < -0.4 is 5.73 Å². The molecule has 0 fully saturated rings. The summed E-state index contributed by atoms with van der Waals surface area (Å²) in [4.78, 5) is 3.35. The SMILES string of the molecule is Nc1csc([O])n1. The van der Waals surface area contributed by atoms with Gasteiger partial charge in [0.2, 0.25) is 0 Å². The smallest absolute Gasteiger partial charge is 0.328 e. The lowest BCUT2D eigenvalue weighted by Gasteiger charge is -1.68. The monoisotopic (exact) mass is 115 g/mol. The molecule has 0 amide bonds. The molecule has 1 aromatic rings. The van der Waals surface area contributed by atoms with Crippen LogP contribution in [-0.4, -0.2) is 4.98 Å². The van der Waals surface area contributed by atoms with Crippen molar-refractivity contribution in [1.29, 1.82) is 0 Å². The Labute approximate surface area is 44.4 Å². The molecule has 1 rings (SSSR count). The van der Waals surface area contributed by atoms with Gasteiger partial charge in [0.1, 0.15) is 5.82 Å². The van der Waals surface area contributed by atoms with Gasteiger partial charge in [0.05, 0.1) is 0 Å². The third-order valence-electron chi connectivity index (χ3n) is 0.501. The number of hydrogen-bond acceptors (Lipinski definition) is 3. The molecule has 0 aliphatic rings. The molecule has 0 aromatic carbocycles. The molecule has 7 heavy (non-hydrogen) atoms. The van der Waals surface area contributed by atoms with E-state index in [1.54, 1.807) is 0 Å². The summed E-state index contributed by atoms with van der Waals surface area (Å²) in [5, 5.41) is 11.4. The number of nitrogens with two attached hydrogens (primary N) is 1. The molecule has 0 spiro atoms. The van der Waals surface area contributed by atoms with Crippen molar-refractivity contribution in [2.75, 3.05) is 5.73 Å². The second-order valence-electron chi connectivity index (χ2n) is 1.04. The van der Waals surface area contributed by atoms with E-state index in [0.717, 1.165) is 11.3 Å². The number of rotatable bonds is 0. The van der Waals surface area contributed by atoms with E-state index in [1.165, 1.54) is 5.38 Å². The van der Waals surface area contributed by atoms with E-state index < -0.39 is 0 Å². The lowest BCUT2D eigenvalue weighted by atomic mass is 10.8. The fourth-order valence-corrected chi connectivity index (χ4v) is 0.701. The average molecular weight is 115 g/mol. The number of hydrogen-bond donors (Lipinski definition) is 1. The Kier molecular flexibility index (Phi) is 0.867. The van der Waals surface area contributed by atoms with Crippen molar-refractivity contribution in [1.82, 2.24) is 4.98 Å². The number of nitrogens with zero attached hydrogens (tertiary/aromatic N) is 1. The minimum atomic E-state index is -0.225. The minimum absolute atomic E-state index is 0.225. The Bertz CT molecular complexity index is 145. The zero-order valence-electron chi connectivity index (χ0n) is 3.42. The first kappa shape index (κ1) is 4.39. The summed E-state index contributed by atoms with van der Waals surface area (Å²) in [7, 11) is 0. The molecule has 37 valence electrons. The van der Waals surface area contributed by atoms with Gasteiger partial charge in [-0.25, -0.2) is 0 Å². The molecule has 0 atom stereocenters. The van der Waals surface area contributed by atoms with Gasteiger partial charge in [0.25, 0.3) is 0 Å². The van der Waals surface area contributed by atoms with Crippen LogP contribution in [0.3, 0.4) is 0 Å². The highest BCUT2D eigenvalue weighted by Gasteiger charge is 1.92.